The van der Waals surface area contributed by atoms with Crippen LogP contribution in [0.15, 0.2) is 0 Å². The number of rotatable bonds is 1. The van der Waals surface area contributed by atoms with E-state index in [1.807, 2.05) is 17.7 Å². The molecule has 0 amide bonds. The molecule has 0 aromatic heterocycles. The van der Waals surface area contributed by atoms with Gasteiger partial charge in [0, 0.05) is 0 Å². The average Bonchev–Trinajstić information content (AvgIpc) is 1.37. The minimum absolute atomic E-state index is 0.792. The van der Waals surface area contributed by atoms with Crippen LogP contribution < -0.4 is 0 Å². The SMILES string of the molecule is [Li][CH2]CCl. The molecule has 0 aromatic rings. The van der Waals surface area contributed by atoms with Crippen LogP contribution in [-0.4, -0.2) is 23.6 Å². The summed E-state index contributed by atoms with van der Waals surface area (Å²) in [4.78, 5) is 0. The van der Waals surface area contributed by atoms with Crippen LogP contribution in [0.2, 0.25) is 5.09 Å². The molecular weight excluding hydrogens is 66.4 g/mol. The zero-order valence-electron chi connectivity index (χ0n) is 2.79. The molecule has 0 heterocycles. The van der Waals surface area contributed by atoms with Gasteiger partial charge < -0.3 is 0 Å². The second-order valence-electron chi connectivity index (χ2n) is 0.689. The van der Waals surface area contributed by atoms with E-state index in [1.165, 1.54) is 0 Å². The van der Waals surface area contributed by atoms with Crippen LogP contribution in [0.25, 0.3) is 0 Å². The van der Waals surface area contributed by atoms with Crippen molar-refractivity contribution < 1.29 is 0 Å². The molecule has 0 fully saturated rings. The maximum absolute atomic E-state index is 5.19. The van der Waals surface area contributed by atoms with E-state index in [4.69, 9.17) is 11.6 Å². The molecular formula is C2H4ClLi. The molecule has 0 N–H and O–H groups in total. The zero-order valence-corrected chi connectivity index (χ0v) is 3.55. The van der Waals surface area contributed by atoms with Gasteiger partial charge in [0.25, 0.3) is 0 Å². The van der Waals surface area contributed by atoms with Crippen LogP contribution in [0.4, 0.5) is 0 Å². The van der Waals surface area contributed by atoms with Gasteiger partial charge in [-0.15, -0.1) is 0 Å². The van der Waals surface area contributed by atoms with Gasteiger partial charge in [0.05, 0.1) is 0 Å². The molecule has 0 aliphatic heterocycles. The summed E-state index contributed by atoms with van der Waals surface area (Å²) in [5.74, 6) is 0.792. The Bertz CT molecular complexity index is 8.00. The number of hydrogen-bond acceptors (Lipinski definition) is 0. The second-order valence-corrected chi connectivity index (χ2v) is 1.07. The minimum atomic E-state index is 0.792. The van der Waals surface area contributed by atoms with Crippen LogP contribution in [0.5, 0.6) is 0 Å². The Labute approximate surface area is 40.7 Å². The number of halogens is 1. The Balaban J connectivity index is 1.97. The van der Waals surface area contributed by atoms with Crippen molar-refractivity contribution in [3.63, 3.8) is 0 Å². The van der Waals surface area contributed by atoms with Crippen molar-refractivity contribution in [3.8, 4) is 0 Å². The fraction of sp³-hybridized carbons (Fsp3) is 1.00. The van der Waals surface area contributed by atoms with E-state index < -0.39 is 0 Å². The van der Waals surface area contributed by atoms with Gasteiger partial charge in [-0.2, -0.15) is 0 Å². The molecule has 0 saturated carbocycles. The monoisotopic (exact) mass is 70.0 g/mol. The molecule has 20 valence electrons. The molecule has 0 rings (SSSR count). The molecule has 0 spiro atoms. The Hall–Kier alpha value is 0.887. The van der Waals surface area contributed by atoms with Crippen molar-refractivity contribution in [1.29, 1.82) is 0 Å². The molecule has 0 saturated heterocycles. The summed E-state index contributed by atoms with van der Waals surface area (Å²) in [5.41, 5.74) is 0. The van der Waals surface area contributed by atoms with E-state index in [0.29, 0.717) is 0 Å². The Morgan fingerprint density at radius 1 is 1.75 bits per heavy atom. The molecule has 2 heteroatoms. The van der Waals surface area contributed by atoms with Gasteiger partial charge in [-0.25, -0.2) is 0 Å². The molecule has 0 atom stereocenters. The predicted molar refractivity (Wildman–Crippen MR) is 21.3 cm³/mol. The van der Waals surface area contributed by atoms with Crippen LogP contribution in [0.1, 0.15) is 0 Å². The van der Waals surface area contributed by atoms with Crippen molar-refractivity contribution in [1.82, 2.24) is 0 Å². The summed E-state index contributed by atoms with van der Waals surface area (Å²) in [6, 6.07) is 0. The summed E-state index contributed by atoms with van der Waals surface area (Å²) in [6.07, 6.45) is 0. The zero-order chi connectivity index (χ0) is 3.41. The summed E-state index contributed by atoms with van der Waals surface area (Å²) < 4.78 is 0. The third-order valence-corrected chi connectivity index (χ3v) is 0.567. The standard InChI is InChI=1S/C2H4Cl.Li/c1-2-3;/h1-2H2;. The van der Waals surface area contributed by atoms with E-state index >= 15 is 0 Å². The summed E-state index contributed by atoms with van der Waals surface area (Å²) in [7, 11) is 0. The Kier molecular flexibility index (Phi) is 4.75. The molecule has 0 nitrogen and oxygen atoms in total. The maximum atomic E-state index is 5.19. The van der Waals surface area contributed by atoms with E-state index in [9.17, 15) is 0 Å². The first-order chi connectivity index (χ1) is 1.91. The molecule has 0 aromatic carbocycles. The first kappa shape index (κ1) is 4.89. The van der Waals surface area contributed by atoms with Crippen LogP contribution in [-0.2, 0) is 0 Å². The van der Waals surface area contributed by atoms with Crippen LogP contribution in [0, 0.1) is 0 Å². The van der Waals surface area contributed by atoms with Crippen molar-refractivity contribution in [2.24, 2.45) is 0 Å². The third kappa shape index (κ3) is 2.89. The number of alkyl halides is 1. The van der Waals surface area contributed by atoms with Crippen LogP contribution in [0.3, 0.4) is 0 Å². The molecule has 0 aliphatic carbocycles. The van der Waals surface area contributed by atoms with Gasteiger partial charge in [0.1, 0.15) is 0 Å². The molecule has 0 unspecified atom stereocenters. The fourth-order valence-electron chi connectivity index (χ4n) is 0. The van der Waals surface area contributed by atoms with Crippen molar-refractivity contribution in [2.45, 2.75) is 5.09 Å². The van der Waals surface area contributed by atoms with Gasteiger partial charge in [-0.3, -0.25) is 0 Å². The molecule has 4 heavy (non-hydrogen) atoms. The average molecular weight is 70.4 g/mol. The third-order valence-electron chi connectivity index (χ3n) is 0.189. The van der Waals surface area contributed by atoms with E-state index in [1.54, 1.807) is 0 Å². The second kappa shape index (κ2) is 3.89. The predicted octanol–water partition coefficient (Wildman–Crippen LogP) is 0.812. The first-order valence-electron chi connectivity index (χ1n) is 1.47. The first-order valence-corrected chi connectivity index (χ1v) is 2.01. The van der Waals surface area contributed by atoms with E-state index in [2.05, 4.69) is 0 Å². The molecule has 0 radical (unpaired) electrons. The van der Waals surface area contributed by atoms with Gasteiger partial charge in [-0.05, 0) is 0 Å². The topological polar surface area (TPSA) is 0 Å². The van der Waals surface area contributed by atoms with Gasteiger partial charge in [-0.1, -0.05) is 0 Å². The Morgan fingerprint density at radius 3 is 2.00 bits per heavy atom. The van der Waals surface area contributed by atoms with Crippen molar-refractivity contribution >= 4 is 29.3 Å². The quantitative estimate of drug-likeness (QED) is 0.316. The van der Waals surface area contributed by atoms with E-state index in [0.717, 1.165) is 11.0 Å². The fourth-order valence-corrected chi connectivity index (χ4v) is 0. The summed E-state index contributed by atoms with van der Waals surface area (Å²) in [6.45, 7) is 0. The van der Waals surface area contributed by atoms with Crippen LogP contribution >= 0.6 is 11.6 Å². The van der Waals surface area contributed by atoms with Crippen molar-refractivity contribution in [2.75, 3.05) is 5.88 Å². The van der Waals surface area contributed by atoms with Gasteiger partial charge in [0.15, 0.2) is 0 Å². The molecule has 0 bridgehead atoms. The Morgan fingerprint density at radius 2 is 2.00 bits per heavy atom. The normalized spacial score (nSPS) is 7.75. The summed E-state index contributed by atoms with van der Waals surface area (Å²) >= 11 is 7.23. The molecule has 0 aliphatic rings. The van der Waals surface area contributed by atoms with Gasteiger partial charge >= 0.3 is 40.3 Å². The summed E-state index contributed by atoms with van der Waals surface area (Å²) in [5, 5.41) is 1.08. The van der Waals surface area contributed by atoms with E-state index in [-0.39, 0.29) is 0 Å². The van der Waals surface area contributed by atoms with Crippen molar-refractivity contribution in [3.05, 3.63) is 0 Å². The number of hydrogen-bond donors (Lipinski definition) is 0. The van der Waals surface area contributed by atoms with Gasteiger partial charge in [0.2, 0.25) is 0 Å².